The molecule has 1 unspecified atom stereocenters. The lowest BCUT2D eigenvalue weighted by Crippen LogP contribution is -2.18. The fourth-order valence-corrected chi connectivity index (χ4v) is 2.01. The van der Waals surface area contributed by atoms with Crippen molar-refractivity contribution in [1.29, 1.82) is 0 Å². The molecule has 0 heterocycles. The number of hydrogen-bond donors (Lipinski definition) is 2. The Hall–Kier alpha value is -0.770. The van der Waals surface area contributed by atoms with Crippen LogP contribution in [0.2, 0.25) is 5.02 Å². The van der Waals surface area contributed by atoms with Crippen molar-refractivity contribution >= 4 is 11.6 Å². The molecule has 90 valence electrons. The molecule has 0 fully saturated rings. The van der Waals surface area contributed by atoms with Gasteiger partial charge in [0.25, 0.3) is 0 Å². The Morgan fingerprint density at radius 2 is 2.19 bits per heavy atom. The quantitative estimate of drug-likeness (QED) is 0.833. The van der Waals surface area contributed by atoms with E-state index in [4.69, 9.17) is 16.3 Å². The van der Waals surface area contributed by atoms with E-state index in [1.807, 2.05) is 6.92 Å². The first-order valence-corrected chi connectivity index (χ1v) is 5.70. The van der Waals surface area contributed by atoms with Gasteiger partial charge in [0.05, 0.1) is 13.2 Å². The van der Waals surface area contributed by atoms with Crippen LogP contribution in [-0.2, 0) is 6.42 Å². The fraction of sp³-hybridized carbons (Fsp3) is 0.500. The number of aliphatic hydroxyl groups excluding tert-OH is 1. The summed E-state index contributed by atoms with van der Waals surface area (Å²) in [6, 6.07) is 3.57. The third kappa shape index (κ3) is 2.88. The maximum atomic E-state index is 10.0. The zero-order valence-electron chi connectivity index (χ0n) is 9.88. The Bertz CT molecular complexity index is 355. The number of rotatable bonds is 5. The Kier molecular flexibility index (Phi) is 5.06. The molecule has 0 aliphatic carbocycles. The van der Waals surface area contributed by atoms with Crippen molar-refractivity contribution in [2.75, 3.05) is 20.7 Å². The predicted molar refractivity (Wildman–Crippen MR) is 66.3 cm³/mol. The van der Waals surface area contributed by atoms with E-state index in [1.165, 1.54) is 0 Å². The van der Waals surface area contributed by atoms with Crippen LogP contribution in [0, 0.1) is 0 Å². The van der Waals surface area contributed by atoms with Gasteiger partial charge in [0.15, 0.2) is 0 Å². The summed E-state index contributed by atoms with van der Waals surface area (Å²) >= 11 is 5.99. The van der Waals surface area contributed by atoms with Gasteiger partial charge in [-0.15, -0.1) is 0 Å². The summed E-state index contributed by atoms with van der Waals surface area (Å²) in [5.74, 6) is 0.736. The molecule has 1 rings (SSSR count). The van der Waals surface area contributed by atoms with Gasteiger partial charge in [0.2, 0.25) is 0 Å². The van der Waals surface area contributed by atoms with Gasteiger partial charge in [-0.3, -0.25) is 0 Å². The van der Waals surface area contributed by atoms with Gasteiger partial charge in [0.1, 0.15) is 5.75 Å². The van der Waals surface area contributed by atoms with Crippen LogP contribution in [0.1, 0.15) is 24.2 Å². The number of hydrogen-bond acceptors (Lipinski definition) is 3. The number of ether oxygens (including phenoxy) is 1. The monoisotopic (exact) mass is 243 g/mol. The minimum Gasteiger partial charge on any atom is -0.496 e. The van der Waals surface area contributed by atoms with E-state index in [2.05, 4.69) is 5.32 Å². The van der Waals surface area contributed by atoms with Crippen molar-refractivity contribution in [1.82, 2.24) is 5.32 Å². The predicted octanol–water partition coefficient (Wildman–Crippen LogP) is 2.16. The van der Waals surface area contributed by atoms with Gasteiger partial charge in [0, 0.05) is 11.6 Å². The molecule has 0 spiro atoms. The second-order valence-electron chi connectivity index (χ2n) is 3.60. The maximum Gasteiger partial charge on any atom is 0.123 e. The molecular formula is C12H18ClNO2. The van der Waals surface area contributed by atoms with Gasteiger partial charge >= 0.3 is 0 Å². The first-order chi connectivity index (χ1) is 7.63. The highest BCUT2D eigenvalue weighted by Crippen LogP contribution is 2.31. The first-order valence-electron chi connectivity index (χ1n) is 5.33. The van der Waals surface area contributed by atoms with Crippen LogP contribution >= 0.6 is 11.6 Å². The lowest BCUT2D eigenvalue weighted by Gasteiger charge is -2.17. The second-order valence-corrected chi connectivity index (χ2v) is 4.04. The normalized spacial score (nSPS) is 12.6. The summed E-state index contributed by atoms with van der Waals surface area (Å²) in [5, 5.41) is 13.5. The van der Waals surface area contributed by atoms with Gasteiger partial charge in [-0.1, -0.05) is 18.5 Å². The minimum absolute atomic E-state index is 0.497. The van der Waals surface area contributed by atoms with Crippen molar-refractivity contribution in [3.05, 3.63) is 28.3 Å². The standard InChI is InChI=1S/C12H18ClNO2/c1-4-9-10(11(15)7-14-2)5-8(13)6-12(9)16-3/h5-6,11,14-15H,4,7H2,1-3H3. The topological polar surface area (TPSA) is 41.5 Å². The van der Waals surface area contributed by atoms with E-state index in [9.17, 15) is 5.11 Å². The van der Waals surface area contributed by atoms with Crippen LogP contribution in [0.5, 0.6) is 5.75 Å². The van der Waals surface area contributed by atoms with E-state index in [-0.39, 0.29) is 0 Å². The molecule has 16 heavy (non-hydrogen) atoms. The molecule has 1 aromatic carbocycles. The highest BCUT2D eigenvalue weighted by Gasteiger charge is 2.15. The molecule has 4 heteroatoms. The molecule has 0 aliphatic heterocycles. The number of aliphatic hydroxyl groups is 1. The SMILES string of the molecule is CCc1c(OC)cc(Cl)cc1C(O)CNC. The molecule has 0 saturated carbocycles. The molecule has 0 saturated heterocycles. The molecule has 0 amide bonds. The van der Waals surface area contributed by atoms with Crippen molar-refractivity contribution in [2.24, 2.45) is 0 Å². The Labute approximate surface area is 101 Å². The molecule has 0 radical (unpaired) electrons. The van der Waals surface area contributed by atoms with Crippen molar-refractivity contribution in [3.63, 3.8) is 0 Å². The average molecular weight is 244 g/mol. The molecule has 1 atom stereocenters. The fourth-order valence-electron chi connectivity index (χ4n) is 1.79. The average Bonchev–Trinajstić information content (AvgIpc) is 2.28. The van der Waals surface area contributed by atoms with Crippen molar-refractivity contribution < 1.29 is 9.84 Å². The lowest BCUT2D eigenvalue weighted by atomic mass is 9.99. The number of halogens is 1. The van der Waals surface area contributed by atoms with Crippen LogP contribution in [-0.4, -0.2) is 25.8 Å². The lowest BCUT2D eigenvalue weighted by molar-refractivity contribution is 0.176. The van der Waals surface area contributed by atoms with E-state index in [0.29, 0.717) is 11.6 Å². The van der Waals surface area contributed by atoms with Crippen LogP contribution in [0.15, 0.2) is 12.1 Å². The highest BCUT2D eigenvalue weighted by molar-refractivity contribution is 6.30. The zero-order chi connectivity index (χ0) is 12.1. The van der Waals surface area contributed by atoms with Gasteiger partial charge < -0.3 is 15.2 Å². The number of likely N-dealkylation sites (N-methyl/N-ethyl adjacent to an activating group) is 1. The number of nitrogens with one attached hydrogen (secondary N) is 1. The molecule has 0 aromatic heterocycles. The molecule has 3 nitrogen and oxygen atoms in total. The number of methoxy groups -OCH3 is 1. The van der Waals surface area contributed by atoms with Gasteiger partial charge in [-0.05, 0) is 36.7 Å². The van der Waals surface area contributed by atoms with Crippen molar-refractivity contribution in [3.8, 4) is 5.75 Å². The van der Waals surface area contributed by atoms with E-state index in [0.717, 1.165) is 23.3 Å². The highest BCUT2D eigenvalue weighted by atomic mass is 35.5. The summed E-state index contributed by atoms with van der Waals surface area (Å²) in [5.41, 5.74) is 1.84. The second kappa shape index (κ2) is 6.09. The minimum atomic E-state index is -0.562. The summed E-state index contributed by atoms with van der Waals surface area (Å²) < 4.78 is 5.27. The Balaban J connectivity index is 3.19. The third-order valence-electron chi connectivity index (χ3n) is 2.54. The summed E-state index contributed by atoms with van der Waals surface area (Å²) in [4.78, 5) is 0. The first kappa shape index (κ1) is 13.3. The van der Waals surface area contributed by atoms with E-state index < -0.39 is 6.10 Å². The molecule has 0 bridgehead atoms. The Morgan fingerprint density at radius 1 is 1.50 bits per heavy atom. The molecule has 0 aliphatic rings. The summed E-state index contributed by atoms with van der Waals surface area (Å²) in [6.07, 6.45) is 0.240. The van der Waals surface area contributed by atoms with E-state index in [1.54, 1.807) is 26.3 Å². The van der Waals surface area contributed by atoms with Gasteiger partial charge in [-0.2, -0.15) is 0 Å². The van der Waals surface area contributed by atoms with Crippen LogP contribution in [0.3, 0.4) is 0 Å². The van der Waals surface area contributed by atoms with Crippen LogP contribution in [0.25, 0.3) is 0 Å². The largest absolute Gasteiger partial charge is 0.496 e. The molecule has 1 aromatic rings. The molecule has 2 N–H and O–H groups in total. The summed E-state index contributed by atoms with van der Waals surface area (Å²) in [7, 11) is 3.41. The van der Waals surface area contributed by atoms with Gasteiger partial charge in [-0.25, -0.2) is 0 Å². The zero-order valence-corrected chi connectivity index (χ0v) is 10.6. The molecular weight excluding hydrogens is 226 g/mol. The summed E-state index contributed by atoms with van der Waals surface area (Å²) in [6.45, 7) is 2.53. The third-order valence-corrected chi connectivity index (χ3v) is 2.76. The van der Waals surface area contributed by atoms with Crippen molar-refractivity contribution in [2.45, 2.75) is 19.4 Å². The van der Waals surface area contributed by atoms with Crippen LogP contribution in [0.4, 0.5) is 0 Å². The smallest absolute Gasteiger partial charge is 0.123 e. The van der Waals surface area contributed by atoms with Crippen LogP contribution < -0.4 is 10.1 Å². The Morgan fingerprint density at radius 3 is 2.69 bits per heavy atom. The number of benzene rings is 1. The maximum absolute atomic E-state index is 10.0. The van der Waals surface area contributed by atoms with E-state index >= 15 is 0 Å².